The number of aliphatic hydroxyl groups excluding tert-OH is 1. The van der Waals surface area contributed by atoms with Gasteiger partial charge < -0.3 is 14.9 Å². The van der Waals surface area contributed by atoms with Crippen LogP contribution in [0.15, 0.2) is 35.2 Å². The minimum absolute atomic E-state index is 0.00983. The molecule has 1 aromatic heterocycles. The topological polar surface area (TPSA) is 88.2 Å². The van der Waals surface area contributed by atoms with Gasteiger partial charge in [0, 0.05) is 23.8 Å². The molecule has 2 N–H and O–H groups in total. The Hall–Kier alpha value is -2.21. The maximum Gasteiger partial charge on any atom is 0.251 e. The fourth-order valence-electron chi connectivity index (χ4n) is 1.87. The summed E-state index contributed by atoms with van der Waals surface area (Å²) in [4.78, 5) is 16.0. The number of carbonyl (C=O) groups excluding carboxylic acids is 1. The van der Waals surface area contributed by atoms with Gasteiger partial charge in [-0.3, -0.25) is 4.79 Å². The van der Waals surface area contributed by atoms with Crippen LogP contribution < -0.4 is 5.32 Å². The molecule has 2 rings (SSSR count). The Labute approximate surface area is 116 Å². The van der Waals surface area contributed by atoms with Crippen molar-refractivity contribution in [2.75, 3.05) is 6.61 Å². The summed E-state index contributed by atoms with van der Waals surface area (Å²) in [5.41, 5.74) is 1.35. The zero-order chi connectivity index (χ0) is 14.4. The highest BCUT2D eigenvalue weighted by atomic mass is 16.5. The van der Waals surface area contributed by atoms with Gasteiger partial charge in [-0.2, -0.15) is 4.98 Å². The number of benzene rings is 1. The Balaban J connectivity index is 2.04. The molecule has 0 aliphatic heterocycles. The highest BCUT2D eigenvalue weighted by Crippen LogP contribution is 2.15. The number of carbonyl (C=O) groups is 1. The van der Waals surface area contributed by atoms with Crippen LogP contribution in [-0.2, 0) is 0 Å². The normalized spacial score (nSPS) is 12.1. The Morgan fingerprint density at radius 2 is 2.15 bits per heavy atom. The third-order valence-corrected chi connectivity index (χ3v) is 3.07. The van der Waals surface area contributed by atoms with Crippen molar-refractivity contribution in [3.8, 4) is 11.4 Å². The lowest BCUT2D eigenvalue weighted by molar-refractivity contribution is 0.0929. The van der Waals surface area contributed by atoms with Gasteiger partial charge in [0.15, 0.2) is 0 Å². The highest BCUT2D eigenvalue weighted by molar-refractivity contribution is 5.94. The minimum atomic E-state index is -0.148. The van der Waals surface area contributed by atoms with Crippen molar-refractivity contribution < 1.29 is 14.4 Å². The Bertz CT molecular complexity index is 537. The molecule has 6 nitrogen and oxygen atoms in total. The first-order valence-electron chi connectivity index (χ1n) is 6.53. The number of rotatable bonds is 6. The van der Waals surface area contributed by atoms with E-state index in [0.717, 1.165) is 12.0 Å². The van der Waals surface area contributed by atoms with Crippen LogP contribution in [0, 0.1) is 0 Å². The molecular weight excluding hydrogens is 258 g/mol. The lowest BCUT2D eigenvalue weighted by Gasteiger charge is -2.15. The summed E-state index contributed by atoms with van der Waals surface area (Å²) in [7, 11) is 0. The quantitative estimate of drug-likeness (QED) is 0.836. The standard InChI is InChI=1S/C14H17N3O3/c1-2-12(7-8-18)16-14(19)11-5-3-10(4-6-11)13-15-9-20-17-13/h3-6,9,12,18H,2,7-8H2,1H3,(H,16,19). The van der Waals surface area contributed by atoms with Crippen molar-refractivity contribution in [1.82, 2.24) is 15.5 Å². The first-order chi connectivity index (χ1) is 9.74. The lowest BCUT2D eigenvalue weighted by Crippen LogP contribution is -2.35. The molecule has 1 aromatic carbocycles. The lowest BCUT2D eigenvalue weighted by atomic mass is 10.1. The van der Waals surface area contributed by atoms with Gasteiger partial charge in [0.25, 0.3) is 5.91 Å². The number of aromatic nitrogens is 2. The van der Waals surface area contributed by atoms with Crippen LogP contribution in [0.4, 0.5) is 0 Å². The van der Waals surface area contributed by atoms with E-state index >= 15 is 0 Å². The Morgan fingerprint density at radius 1 is 1.40 bits per heavy atom. The van der Waals surface area contributed by atoms with Gasteiger partial charge in [0.1, 0.15) is 0 Å². The summed E-state index contributed by atoms with van der Waals surface area (Å²) in [6, 6.07) is 6.96. The highest BCUT2D eigenvalue weighted by Gasteiger charge is 2.12. The van der Waals surface area contributed by atoms with E-state index in [4.69, 9.17) is 5.11 Å². The second-order valence-electron chi connectivity index (χ2n) is 4.42. The largest absolute Gasteiger partial charge is 0.396 e. The smallest absolute Gasteiger partial charge is 0.251 e. The molecule has 0 aliphatic rings. The number of hydrogen-bond donors (Lipinski definition) is 2. The number of nitrogens with zero attached hydrogens (tertiary/aromatic N) is 2. The Kier molecular flexibility index (Phi) is 4.84. The number of amides is 1. The molecular formula is C14H17N3O3. The van der Waals surface area contributed by atoms with Gasteiger partial charge in [0.2, 0.25) is 12.2 Å². The van der Waals surface area contributed by atoms with Crippen LogP contribution in [0.2, 0.25) is 0 Å². The van der Waals surface area contributed by atoms with Crippen LogP contribution in [0.25, 0.3) is 11.4 Å². The zero-order valence-electron chi connectivity index (χ0n) is 11.2. The summed E-state index contributed by atoms with van der Waals surface area (Å²) < 4.78 is 4.68. The van der Waals surface area contributed by atoms with E-state index in [1.807, 2.05) is 6.92 Å². The van der Waals surface area contributed by atoms with E-state index in [1.54, 1.807) is 24.3 Å². The summed E-state index contributed by atoms with van der Waals surface area (Å²) in [5, 5.41) is 15.5. The molecule has 20 heavy (non-hydrogen) atoms. The molecule has 0 radical (unpaired) electrons. The molecule has 0 spiro atoms. The average Bonchev–Trinajstić information content (AvgIpc) is 3.01. The van der Waals surface area contributed by atoms with Crippen LogP contribution in [-0.4, -0.2) is 33.8 Å². The zero-order valence-corrected chi connectivity index (χ0v) is 11.2. The van der Waals surface area contributed by atoms with E-state index in [2.05, 4.69) is 20.0 Å². The third-order valence-electron chi connectivity index (χ3n) is 3.07. The first kappa shape index (κ1) is 14.2. The van der Waals surface area contributed by atoms with Crippen molar-refractivity contribution in [3.05, 3.63) is 36.2 Å². The molecule has 106 valence electrons. The molecule has 6 heteroatoms. The third kappa shape index (κ3) is 3.42. The van der Waals surface area contributed by atoms with E-state index in [1.165, 1.54) is 6.39 Å². The number of hydrogen-bond acceptors (Lipinski definition) is 5. The molecule has 0 bridgehead atoms. The van der Waals surface area contributed by atoms with Gasteiger partial charge in [-0.15, -0.1) is 0 Å². The van der Waals surface area contributed by atoms with Gasteiger partial charge in [0.05, 0.1) is 0 Å². The molecule has 1 amide bonds. The van der Waals surface area contributed by atoms with Crippen molar-refractivity contribution in [3.63, 3.8) is 0 Å². The van der Waals surface area contributed by atoms with E-state index in [-0.39, 0.29) is 18.6 Å². The second kappa shape index (κ2) is 6.81. The maximum absolute atomic E-state index is 12.0. The SMILES string of the molecule is CCC(CCO)NC(=O)c1ccc(-c2ncon2)cc1. The van der Waals surface area contributed by atoms with E-state index in [0.29, 0.717) is 17.8 Å². The minimum Gasteiger partial charge on any atom is -0.396 e. The summed E-state index contributed by atoms with van der Waals surface area (Å²) in [6.07, 6.45) is 2.60. The molecule has 2 aromatic rings. The fraction of sp³-hybridized carbons (Fsp3) is 0.357. The van der Waals surface area contributed by atoms with Gasteiger partial charge in [-0.1, -0.05) is 24.2 Å². The van der Waals surface area contributed by atoms with Crippen LogP contribution in [0.3, 0.4) is 0 Å². The van der Waals surface area contributed by atoms with Crippen molar-refractivity contribution in [2.45, 2.75) is 25.8 Å². The molecule has 0 saturated heterocycles. The summed E-state index contributed by atoms with van der Waals surface area (Å²) in [6.45, 7) is 2.04. The van der Waals surface area contributed by atoms with Crippen molar-refractivity contribution in [1.29, 1.82) is 0 Å². The monoisotopic (exact) mass is 275 g/mol. The molecule has 0 saturated carbocycles. The van der Waals surface area contributed by atoms with Crippen LogP contribution in [0.1, 0.15) is 30.1 Å². The second-order valence-corrected chi connectivity index (χ2v) is 4.42. The van der Waals surface area contributed by atoms with Gasteiger partial charge >= 0.3 is 0 Å². The number of aliphatic hydroxyl groups is 1. The van der Waals surface area contributed by atoms with E-state index in [9.17, 15) is 4.79 Å². The molecule has 1 atom stereocenters. The molecule has 1 unspecified atom stereocenters. The van der Waals surface area contributed by atoms with Crippen molar-refractivity contribution >= 4 is 5.91 Å². The fourth-order valence-corrected chi connectivity index (χ4v) is 1.87. The predicted octanol–water partition coefficient (Wildman–Crippen LogP) is 1.63. The first-order valence-corrected chi connectivity index (χ1v) is 6.53. The summed E-state index contributed by atoms with van der Waals surface area (Å²) in [5.74, 6) is 0.341. The average molecular weight is 275 g/mol. The van der Waals surface area contributed by atoms with Crippen molar-refractivity contribution in [2.24, 2.45) is 0 Å². The van der Waals surface area contributed by atoms with Crippen LogP contribution >= 0.6 is 0 Å². The maximum atomic E-state index is 12.0. The van der Waals surface area contributed by atoms with Gasteiger partial charge in [-0.25, -0.2) is 0 Å². The van der Waals surface area contributed by atoms with Crippen LogP contribution in [0.5, 0.6) is 0 Å². The predicted molar refractivity (Wildman–Crippen MR) is 73.0 cm³/mol. The van der Waals surface area contributed by atoms with Gasteiger partial charge in [-0.05, 0) is 25.0 Å². The Morgan fingerprint density at radius 3 is 2.70 bits per heavy atom. The summed E-state index contributed by atoms with van der Waals surface area (Å²) >= 11 is 0. The molecule has 0 fully saturated rings. The van der Waals surface area contributed by atoms with E-state index < -0.39 is 0 Å². The molecule has 0 aliphatic carbocycles. The molecule has 1 heterocycles. The number of nitrogens with one attached hydrogen (secondary N) is 1.